The van der Waals surface area contributed by atoms with Crippen LogP contribution >= 0.6 is 0 Å². The van der Waals surface area contributed by atoms with Gasteiger partial charge in [0.1, 0.15) is 18.4 Å². The summed E-state index contributed by atoms with van der Waals surface area (Å²) in [6, 6.07) is 11.0. The van der Waals surface area contributed by atoms with Gasteiger partial charge >= 0.3 is 0 Å². The quantitative estimate of drug-likeness (QED) is 0.561. The Morgan fingerprint density at radius 2 is 1.65 bits per heavy atom. The smallest absolute Gasteiger partial charge is 0.250 e. The van der Waals surface area contributed by atoms with Crippen LogP contribution < -0.4 is 9.47 Å². The van der Waals surface area contributed by atoms with Gasteiger partial charge in [-0.2, -0.15) is 0 Å². The molecule has 7 heteroatoms. The zero-order valence-corrected chi connectivity index (χ0v) is 20.0. The molecule has 34 heavy (non-hydrogen) atoms. The van der Waals surface area contributed by atoms with Crippen molar-refractivity contribution < 1.29 is 23.5 Å². The normalized spacial score (nSPS) is 19.8. The van der Waals surface area contributed by atoms with Crippen LogP contribution in [0.2, 0.25) is 0 Å². The molecule has 1 saturated heterocycles. The average Bonchev–Trinajstić information content (AvgIpc) is 3.14. The van der Waals surface area contributed by atoms with Crippen LogP contribution in [0.5, 0.6) is 11.5 Å². The highest BCUT2D eigenvalue weighted by molar-refractivity contribution is 5.95. The van der Waals surface area contributed by atoms with Gasteiger partial charge in [0.25, 0.3) is 5.91 Å². The molecule has 2 amide bonds. The maximum Gasteiger partial charge on any atom is 0.250 e. The van der Waals surface area contributed by atoms with Gasteiger partial charge in [-0.25, -0.2) is 4.39 Å². The van der Waals surface area contributed by atoms with Crippen LogP contribution in [0.15, 0.2) is 42.5 Å². The molecule has 1 saturated carbocycles. The second-order valence-corrected chi connectivity index (χ2v) is 9.06. The minimum absolute atomic E-state index is 0.0428. The molecule has 6 nitrogen and oxygen atoms in total. The largest absolute Gasteiger partial charge is 0.493 e. The Balaban J connectivity index is 1.61. The molecule has 1 aliphatic heterocycles. The van der Waals surface area contributed by atoms with Crippen molar-refractivity contribution in [2.45, 2.75) is 57.0 Å². The number of nitrogens with zero attached hydrogens (tertiary/aromatic N) is 2. The summed E-state index contributed by atoms with van der Waals surface area (Å²) in [6.45, 7) is 0.359. The first-order valence-corrected chi connectivity index (χ1v) is 12.1. The summed E-state index contributed by atoms with van der Waals surface area (Å²) in [4.78, 5) is 30.4. The lowest BCUT2D eigenvalue weighted by Crippen LogP contribution is -2.58. The Morgan fingerprint density at radius 1 is 0.941 bits per heavy atom. The minimum Gasteiger partial charge on any atom is -0.493 e. The van der Waals surface area contributed by atoms with Crippen molar-refractivity contribution >= 4 is 11.8 Å². The van der Waals surface area contributed by atoms with E-state index in [1.54, 1.807) is 42.2 Å². The molecule has 4 rings (SSSR count). The molecule has 182 valence electrons. The number of rotatable bonds is 7. The van der Waals surface area contributed by atoms with E-state index < -0.39 is 11.9 Å². The molecule has 1 heterocycles. The Kier molecular flexibility index (Phi) is 7.70. The first-order valence-electron chi connectivity index (χ1n) is 12.1. The van der Waals surface area contributed by atoms with Gasteiger partial charge in [0, 0.05) is 18.2 Å². The lowest BCUT2D eigenvalue weighted by atomic mass is 9.96. The van der Waals surface area contributed by atoms with Crippen LogP contribution in [0.3, 0.4) is 0 Å². The zero-order valence-electron chi connectivity index (χ0n) is 20.0. The fourth-order valence-electron chi connectivity index (χ4n) is 5.16. The number of carbonyl (C=O) groups excluding carboxylic acids is 2. The van der Waals surface area contributed by atoms with Gasteiger partial charge in [-0.05, 0) is 43.0 Å². The first-order chi connectivity index (χ1) is 16.5. The van der Waals surface area contributed by atoms with Crippen molar-refractivity contribution in [2.24, 2.45) is 0 Å². The van der Waals surface area contributed by atoms with Crippen LogP contribution in [0.1, 0.15) is 55.7 Å². The summed E-state index contributed by atoms with van der Waals surface area (Å²) in [6.07, 6.45) is 6.71. The van der Waals surface area contributed by atoms with E-state index in [4.69, 9.17) is 9.47 Å². The van der Waals surface area contributed by atoms with Crippen molar-refractivity contribution in [1.82, 2.24) is 9.80 Å². The number of carbonyl (C=O) groups is 2. The molecule has 0 unspecified atom stereocenters. The van der Waals surface area contributed by atoms with Crippen LogP contribution in [0, 0.1) is 5.82 Å². The molecule has 0 aromatic heterocycles. The van der Waals surface area contributed by atoms with Crippen molar-refractivity contribution in [3.63, 3.8) is 0 Å². The number of hydrogen-bond acceptors (Lipinski definition) is 4. The summed E-state index contributed by atoms with van der Waals surface area (Å²) in [5.74, 6) is 0.443. The van der Waals surface area contributed by atoms with Crippen LogP contribution in [0.4, 0.5) is 4.39 Å². The number of hydrogen-bond donors (Lipinski definition) is 0. The van der Waals surface area contributed by atoms with E-state index in [0.29, 0.717) is 24.5 Å². The van der Waals surface area contributed by atoms with Crippen LogP contribution in [-0.2, 0) is 16.0 Å². The molecule has 1 atom stereocenters. The van der Waals surface area contributed by atoms with Gasteiger partial charge in [-0.15, -0.1) is 0 Å². The van der Waals surface area contributed by atoms with E-state index in [2.05, 4.69) is 0 Å². The van der Waals surface area contributed by atoms with Gasteiger partial charge in [0.15, 0.2) is 11.5 Å². The Morgan fingerprint density at radius 3 is 2.32 bits per heavy atom. The second-order valence-electron chi connectivity index (χ2n) is 9.06. The molecule has 1 aliphatic carbocycles. The third-order valence-corrected chi connectivity index (χ3v) is 7.01. The molecule has 0 N–H and O–H groups in total. The predicted molar refractivity (Wildman–Crippen MR) is 127 cm³/mol. The number of halogens is 1. The maximum absolute atomic E-state index is 14.9. The third-order valence-electron chi connectivity index (χ3n) is 7.01. The van der Waals surface area contributed by atoms with Gasteiger partial charge in [-0.3, -0.25) is 9.59 Å². The maximum atomic E-state index is 14.9. The van der Waals surface area contributed by atoms with Crippen molar-refractivity contribution in [2.75, 3.05) is 27.3 Å². The highest BCUT2D eigenvalue weighted by Crippen LogP contribution is 2.34. The Labute approximate surface area is 200 Å². The van der Waals surface area contributed by atoms with E-state index in [0.717, 1.165) is 44.1 Å². The minimum atomic E-state index is -0.953. The third kappa shape index (κ3) is 5.03. The fraction of sp³-hybridized carbons (Fsp3) is 0.481. The molecule has 0 bridgehead atoms. The number of benzene rings is 2. The standard InChI is InChI=1S/C27H33FN2O4/c1-33-23-14-13-19(17-24(23)34-2)15-16-29-25(31)18-30(20-9-5-3-4-6-10-20)27(32)26(29)21-11-7-8-12-22(21)28/h7-8,11-14,17,20,26H,3-6,9-10,15-16,18H2,1-2H3/t26-/m0/s1. The highest BCUT2D eigenvalue weighted by Gasteiger charge is 2.43. The van der Waals surface area contributed by atoms with E-state index in [-0.39, 0.29) is 30.0 Å². The molecule has 2 aliphatic rings. The van der Waals surface area contributed by atoms with Crippen molar-refractivity contribution in [1.29, 1.82) is 0 Å². The summed E-state index contributed by atoms with van der Waals surface area (Å²) in [7, 11) is 3.15. The van der Waals surface area contributed by atoms with Gasteiger partial charge in [0.05, 0.1) is 14.2 Å². The van der Waals surface area contributed by atoms with E-state index in [9.17, 15) is 14.0 Å². The van der Waals surface area contributed by atoms with Gasteiger partial charge < -0.3 is 19.3 Å². The Hall–Kier alpha value is -3.09. The lowest BCUT2D eigenvalue weighted by Gasteiger charge is -2.43. The molecule has 2 aromatic carbocycles. The summed E-state index contributed by atoms with van der Waals surface area (Å²) < 4.78 is 25.6. The van der Waals surface area contributed by atoms with Gasteiger partial charge in [-0.1, -0.05) is 49.9 Å². The van der Waals surface area contributed by atoms with Crippen LogP contribution in [0.25, 0.3) is 0 Å². The predicted octanol–water partition coefficient (Wildman–Crippen LogP) is 4.52. The summed E-state index contributed by atoms with van der Waals surface area (Å²) in [5.41, 5.74) is 1.20. The molecule has 0 spiro atoms. The lowest BCUT2D eigenvalue weighted by molar-refractivity contribution is -0.159. The first kappa shape index (κ1) is 24.0. The summed E-state index contributed by atoms with van der Waals surface area (Å²) in [5, 5.41) is 0. The number of methoxy groups -OCH3 is 2. The average molecular weight is 469 g/mol. The molecular formula is C27H33FN2O4. The van der Waals surface area contributed by atoms with E-state index >= 15 is 0 Å². The number of amides is 2. The Bertz CT molecular complexity index is 1020. The fourth-order valence-corrected chi connectivity index (χ4v) is 5.16. The van der Waals surface area contributed by atoms with E-state index in [1.165, 1.54) is 6.07 Å². The SMILES string of the molecule is COc1ccc(CCN2C(=O)CN(C3CCCCCC3)C(=O)[C@@H]2c2ccccc2F)cc1OC. The molecule has 2 aromatic rings. The van der Waals surface area contributed by atoms with Crippen molar-refractivity contribution in [3.05, 3.63) is 59.4 Å². The zero-order chi connectivity index (χ0) is 24.1. The number of ether oxygens (including phenoxy) is 2. The number of piperazine rings is 1. The monoisotopic (exact) mass is 468 g/mol. The molecule has 2 fully saturated rings. The van der Waals surface area contributed by atoms with Crippen LogP contribution in [-0.4, -0.2) is 55.0 Å². The topological polar surface area (TPSA) is 59.1 Å². The highest BCUT2D eigenvalue weighted by atomic mass is 19.1. The summed E-state index contributed by atoms with van der Waals surface area (Å²) >= 11 is 0. The molecular weight excluding hydrogens is 435 g/mol. The second kappa shape index (κ2) is 10.9. The van der Waals surface area contributed by atoms with Gasteiger partial charge in [0.2, 0.25) is 5.91 Å². The van der Waals surface area contributed by atoms with Crippen molar-refractivity contribution in [3.8, 4) is 11.5 Å². The molecule has 0 radical (unpaired) electrons. The van der Waals surface area contributed by atoms with E-state index in [1.807, 2.05) is 18.2 Å².